The minimum atomic E-state index is -4.35. The van der Waals surface area contributed by atoms with E-state index in [0.717, 1.165) is 17.7 Å². The Morgan fingerprint density at radius 3 is 2.26 bits per heavy atom. The van der Waals surface area contributed by atoms with Gasteiger partial charge in [0.2, 0.25) is 0 Å². The average molecular weight is 380 g/mol. The number of rotatable bonds is 4. The summed E-state index contributed by atoms with van der Waals surface area (Å²) in [7, 11) is 0. The van der Waals surface area contributed by atoms with Crippen molar-refractivity contribution in [2.45, 2.75) is 31.5 Å². The summed E-state index contributed by atoms with van der Waals surface area (Å²) >= 11 is 0. The molecule has 2 aromatic rings. The van der Waals surface area contributed by atoms with E-state index in [2.05, 4.69) is 0 Å². The van der Waals surface area contributed by atoms with Gasteiger partial charge in [-0.1, -0.05) is 12.1 Å². The van der Waals surface area contributed by atoms with E-state index in [4.69, 9.17) is 0 Å². The Morgan fingerprint density at radius 1 is 1.11 bits per heavy atom. The quantitative estimate of drug-likeness (QED) is 0.627. The molecule has 0 aliphatic carbocycles. The molecule has 1 N–H and O–H groups in total. The fraction of sp³-hybridized carbons (Fsp3) is 0.368. The molecule has 1 saturated heterocycles. The molecule has 0 amide bonds. The summed E-state index contributed by atoms with van der Waals surface area (Å²) in [5.41, 5.74) is 1.24. The number of nitrogens with zero attached hydrogens (tertiary/aromatic N) is 2. The molecule has 0 spiro atoms. The van der Waals surface area contributed by atoms with E-state index in [1.807, 2.05) is 4.90 Å². The minimum Gasteiger partial charge on any atom is -0.392 e. The van der Waals surface area contributed by atoms with Crippen molar-refractivity contribution in [2.75, 3.05) is 18.0 Å². The number of halogens is 3. The predicted molar refractivity (Wildman–Crippen MR) is 94.7 cm³/mol. The summed E-state index contributed by atoms with van der Waals surface area (Å²) in [4.78, 5) is 12.7. The highest BCUT2D eigenvalue weighted by molar-refractivity contribution is 5.64. The molecule has 8 heteroatoms. The van der Waals surface area contributed by atoms with Crippen molar-refractivity contribution in [1.82, 2.24) is 0 Å². The Bertz CT molecular complexity index is 814. The second-order valence-electron chi connectivity index (χ2n) is 6.62. The van der Waals surface area contributed by atoms with Gasteiger partial charge in [-0.25, -0.2) is 0 Å². The van der Waals surface area contributed by atoms with E-state index in [-0.39, 0.29) is 18.2 Å². The molecule has 0 saturated carbocycles. The maximum atomic E-state index is 12.7. The molecule has 1 aliphatic rings. The van der Waals surface area contributed by atoms with Crippen molar-refractivity contribution in [1.29, 1.82) is 0 Å². The molecule has 1 heterocycles. The van der Waals surface area contributed by atoms with Gasteiger partial charge in [0.15, 0.2) is 0 Å². The highest BCUT2D eigenvalue weighted by Gasteiger charge is 2.31. The van der Waals surface area contributed by atoms with Crippen LogP contribution in [0.2, 0.25) is 0 Å². The lowest BCUT2D eigenvalue weighted by atomic mass is 9.88. The van der Waals surface area contributed by atoms with Gasteiger partial charge in [-0.15, -0.1) is 0 Å². The highest BCUT2D eigenvalue weighted by atomic mass is 19.4. The Labute approximate surface area is 154 Å². The Balaban J connectivity index is 1.73. The van der Waals surface area contributed by atoms with Crippen LogP contribution in [0.15, 0.2) is 42.5 Å². The third-order valence-electron chi connectivity index (χ3n) is 4.96. The monoisotopic (exact) mass is 380 g/mol. The van der Waals surface area contributed by atoms with Crippen molar-refractivity contribution >= 4 is 11.4 Å². The van der Waals surface area contributed by atoms with E-state index in [9.17, 15) is 28.4 Å². The number of anilines is 1. The second-order valence-corrected chi connectivity index (χ2v) is 6.62. The summed E-state index contributed by atoms with van der Waals surface area (Å²) in [6.07, 6.45) is -2.98. The predicted octanol–water partition coefficient (Wildman–Crippen LogP) is 4.49. The maximum Gasteiger partial charge on any atom is 0.416 e. The van der Waals surface area contributed by atoms with Crippen LogP contribution in [0.5, 0.6) is 0 Å². The summed E-state index contributed by atoms with van der Waals surface area (Å²) in [5, 5.41) is 20.6. The first kappa shape index (κ1) is 19.2. The summed E-state index contributed by atoms with van der Waals surface area (Å²) in [6, 6.07) is 9.75. The van der Waals surface area contributed by atoms with E-state index in [1.54, 1.807) is 6.07 Å². The van der Waals surface area contributed by atoms with E-state index in [0.29, 0.717) is 37.2 Å². The first-order valence-corrected chi connectivity index (χ1v) is 8.60. The van der Waals surface area contributed by atoms with Gasteiger partial charge >= 0.3 is 6.18 Å². The molecule has 0 atom stereocenters. The Morgan fingerprint density at radius 2 is 1.74 bits per heavy atom. The molecule has 27 heavy (non-hydrogen) atoms. The number of aliphatic hydroxyl groups excluding tert-OH is 1. The SMILES string of the molecule is O=[N+]([O-])c1ccc(CO)cc1N1CCC(c2ccc(C(F)(F)F)cc2)CC1. The topological polar surface area (TPSA) is 66.6 Å². The fourth-order valence-electron chi connectivity index (χ4n) is 3.47. The number of benzene rings is 2. The Hall–Kier alpha value is -2.61. The van der Waals surface area contributed by atoms with Crippen LogP contribution in [0.3, 0.4) is 0 Å². The van der Waals surface area contributed by atoms with Crippen LogP contribution in [0, 0.1) is 10.1 Å². The molecule has 0 aromatic heterocycles. The normalized spacial score (nSPS) is 15.8. The number of aliphatic hydroxyl groups is 1. The molecule has 1 aliphatic heterocycles. The van der Waals surface area contributed by atoms with Gasteiger partial charge in [0.1, 0.15) is 5.69 Å². The molecule has 144 valence electrons. The third-order valence-corrected chi connectivity index (χ3v) is 4.96. The highest BCUT2D eigenvalue weighted by Crippen LogP contribution is 2.36. The van der Waals surface area contributed by atoms with Crippen LogP contribution in [-0.4, -0.2) is 23.1 Å². The smallest absolute Gasteiger partial charge is 0.392 e. The number of nitro benzene ring substituents is 1. The van der Waals surface area contributed by atoms with Gasteiger partial charge in [0.25, 0.3) is 5.69 Å². The van der Waals surface area contributed by atoms with Crippen molar-refractivity contribution < 1.29 is 23.2 Å². The number of alkyl halides is 3. The van der Waals surface area contributed by atoms with Crippen molar-refractivity contribution in [3.63, 3.8) is 0 Å². The van der Waals surface area contributed by atoms with Crippen molar-refractivity contribution in [3.8, 4) is 0 Å². The molecular weight excluding hydrogens is 361 g/mol. The van der Waals surface area contributed by atoms with Crippen LogP contribution >= 0.6 is 0 Å². The molecular formula is C19H19F3N2O3. The zero-order chi connectivity index (χ0) is 19.6. The first-order chi connectivity index (χ1) is 12.8. The first-order valence-electron chi connectivity index (χ1n) is 8.60. The Kier molecular flexibility index (Phi) is 5.36. The fourth-order valence-corrected chi connectivity index (χ4v) is 3.47. The van der Waals surface area contributed by atoms with Gasteiger partial charge in [-0.05, 0) is 54.2 Å². The largest absolute Gasteiger partial charge is 0.416 e. The number of nitro groups is 1. The van der Waals surface area contributed by atoms with Crippen LogP contribution in [0.4, 0.5) is 24.5 Å². The summed E-state index contributed by atoms with van der Waals surface area (Å²) in [5.74, 6) is 0.114. The standard InChI is InChI=1S/C19H19F3N2O3/c20-19(21,22)16-4-2-14(3-5-16)15-7-9-23(10-8-15)18-11-13(12-25)1-6-17(18)24(26)27/h1-6,11,15,25H,7-10,12H2. The van der Waals surface area contributed by atoms with Gasteiger partial charge < -0.3 is 10.0 Å². The van der Waals surface area contributed by atoms with Crippen molar-refractivity contribution in [2.24, 2.45) is 0 Å². The van der Waals surface area contributed by atoms with Gasteiger partial charge in [0, 0.05) is 19.2 Å². The van der Waals surface area contributed by atoms with Crippen molar-refractivity contribution in [3.05, 3.63) is 69.3 Å². The molecule has 0 unspecified atom stereocenters. The molecule has 2 aromatic carbocycles. The van der Waals surface area contributed by atoms with E-state index < -0.39 is 16.7 Å². The molecule has 0 radical (unpaired) electrons. The van der Waals surface area contributed by atoms with Crippen LogP contribution in [0.25, 0.3) is 0 Å². The van der Waals surface area contributed by atoms with Gasteiger partial charge in [-0.3, -0.25) is 10.1 Å². The van der Waals surface area contributed by atoms with E-state index >= 15 is 0 Å². The van der Waals surface area contributed by atoms with Gasteiger partial charge in [-0.2, -0.15) is 13.2 Å². The number of hydrogen-bond acceptors (Lipinski definition) is 4. The number of piperidine rings is 1. The summed E-state index contributed by atoms with van der Waals surface area (Å²) < 4.78 is 38.1. The maximum absolute atomic E-state index is 12.7. The molecule has 0 bridgehead atoms. The summed E-state index contributed by atoms with van der Waals surface area (Å²) in [6.45, 7) is 0.913. The second kappa shape index (κ2) is 7.56. The molecule has 3 rings (SSSR count). The molecule has 5 nitrogen and oxygen atoms in total. The lowest BCUT2D eigenvalue weighted by Gasteiger charge is -2.33. The number of hydrogen-bond donors (Lipinski definition) is 1. The zero-order valence-electron chi connectivity index (χ0n) is 14.4. The van der Waals surface area contributed by atoms with Crippen LogP contribution in [0.1, 0.15) is 35.4 Å². The lowest BCUT2D eigenvalue weighted by Crippen LogP contribution is -2.33. The van der Waals surface area contributed by atoms with Crippen LogP contribution in [-0.2, 0) is 12.8 Å². The average Bonchev–Trinajstić information content (AvgIpc) is 2.67. The minimum absolute atomic E-state index is 0.0137. The lowest BCUT2D eigenvalue weighted by molar-refractivity contribution is -0.384. The third kappa shape index (κ3) is 4.21. The van der Waals surface area contributed by atoms with Gasteiger partial charge in [0.05, 0.1) is 17.1 Å². The molecule has 1 fully saturated rings. The zero-order valence-corrected chi connectivity index (χ0v) is 14.4. The van der Waals surface area contributed by atoms with Crippen LogP contribution < -0.4 is 4.90 Å². The van der Waals surface area contributed by atoms with E-state index in [1.165, 1.54) is 24.3 Å².